The number of carbonyl (C=O) groups is 2. The van der Waals surface area contributed by atoms with Crippen LogP contribution in [0.1, 0.15) is 36.9 Å². The van der Waals surface area contributed by atoms with E-state index in [0.717, 1.165) is 25.9 Å². The Labute approximate surface area is 230 Å². The molecule has 9 nitrogen and oxygen atoms in total. The number of aliphatic hydroxyl groups excluding tert-OH is 1. The SMILES string of the molecule is CCCCOc1cccc(/C(O)=C2\C(=O)C(=O)N(CCN3CCOCC3)C2c2cc(Br)c(O)c(OC)c2)c1. The number of carbonyl (C=O) groups excluding carboxylic acids is 2. The number of nitrogens with zero attached hydrogens (tertiary/aromatic N) is 2. The molecule has 10 heteroatoms. The third-order valence-corrected chi connectivity index (χ3v) is 7.37. The average Bonchev–Trinajstić information content (AvgIpc) is 3.18. The lowest BCUT2D eigenvalue weighted by atomic mass is 9.95. The van der Waals surface area contributed by atoms with Gasteiger partial charge in [-0.2, -0.15) is 0 Å². The zero-order valence-electron chi connectivity index (χ0n) is 21.6. The lowest BCUT2D eigenvalue weighted by Crippen LogP contribution is -2.42. The summed E-state index contributed by atoms with van der Waals surface area (Å²) < 4.78 is 16.9. The summed E-state index contributed by atoms with van der Waals surface area (Å²) in [6, 6.07) is 9.19. The fourth-order valence-corrected chi connectivity index (χ4v) is 5.12. The predicted octanol–water partition coefficient (Wildman–Crippen LogP) is 4.10. The van der Waals surface area contributed by atoms with E-state index < -0.39 is 17.7 Å². The van der Waals surface area contributed by atoms with Crippen molar-refractivity contribution >= 4 is 33.4 Å². The van der Waals surface area contributed by atoms with Gasteiger partial charge >= 0.3 is 0 Å². The number of phenolic OH excluding ortho intramolecular Hbond substituents is 1. The molecule has 1 atom stereocenters. The molecular weight excluding hydrogens is 556 g/mol. The van der Waals surface area contributed by atoms with Gasteiger partial charge in [-0.05, 0) is 52.2 Å². The summed E-state index contributed by atoms with van der Waals surface area (Å²) in [5, 5.41) is 21.8. The third-order valence-electron chi connectivity index (χ3n) is 6.76. The van der Waals surface area contributed by atoms with Gasteiger partial charge in [0.25, 0.3) is 11.7 Å². The van der Waals surface area contributed by atoms with Gasteiger partial charge in [-0.25, -0.2) is 0 Å². The van der Waals surface area contributed by atoms with E-state index in [1.807, 2.05) is 0 Å². The number of halogens is 1. The van der Waals surface area contributed by atoms with Crippen molar-refractivity contribution in [2.75, 3.05) is 53.1 Å². The van der Waals surface area contributed by atoms with Crippen molar-refractivity contribution in [3.05, 3.63) is 57.6 Å². The predicted molar refractivity (Wildman–Crippen MR) is 145 cm³/mol. The maximum Gasteiger partial charge on any atom is 0.295 e. The monoisotopic (exact) mass is 588 g/mol. The highest BCUT2D eigenvalue weighted by Gasteiger charge is 2.46. The molecule has 2 saturated heterocycles. The Morgan fingerprint density at radius 1 is 1.16 bits per heavy atom. The van der Waals surface area contributed by atoms with Crippen LogP contribution in [0.25, 0.3) is 5.76 Å². The zero-order chi connectivity index (χ0) is 27.2. The number of likely N-dealkylation sites (tertiary alicyclic amines) is 1. The normalized spacial score (nSPS) is 19.7. The Bertz CT molecular complexity index is 1210. The number of unbranched alkanes of at least 4 members (excludes halogenated alkanes) is 1. The Hall–Kier alpha value is -3.08. The van der Waals surface area contributed by atoms with Crippen molar-refractivity contribution in [3.8, 4) is 17.2 Å². The van der Waals surface area contributed by atoms with Crippen molar-refractivity contribution in [1.29, 1.82) is 0 Å². The summed E-state index contributed by atoms with van der Waals surface area (Å²) in [4.78, 5) is 30.4. The molecule has 0 radical (unpaired) electrons. The van der Waals surface area contributed by atoms with Crippen molar-refractivity contribution in [2.24, 2.45) is 0 Å². The van der Waals surface area contributed by atoms with E-state index in [9.17, 15) is 19.8 Å². The van der Waals surface area contributed by atoms with Gasteiger partial charge in [0.2, 0.25) is 0 Å². The number of hydrogen-bond donors (Lipinski definition) is 2. The minimum atomic E-state index is -0.883. The van der Waals surface area contributed by atoms with Gasteiger partial charge in [0.15, 0.2) is 11.5 Å². The van der Waals surface area contributed by atoms with Gasteiger partial charge in [0.1, 0.15) is 11.5 Å². The molecule has 0 spiro atoms. The maximum atomic E-state index is 13.4. The number of Topliss-reactive ketones (excluding diaryl/α,β-unsaturated/α-hetero) is 1. The lowest BCUT2D eigenvalue weighted by molar-refractivity contribution is -0.140. The second-order valence-corrected chi connectivity index (χ2v) is 10.1. The van der Waals surface area contributed by atoms with Crippen LogP contribution in [0.4, 0.5) is 0 Å². The number of aliphatic hydroxyl groups is 1. The molecule has 0 aromatic heterocycles. The van der Waals surface area contributed by atoms with Crippen LogP contribution >= 0.6 is 15.9 Å². The van der Waals surface area contributed by atoms with E-state index in [1.54, 1.807) is 36.4 Å². The molecule has 2 aliphatic rings. The highest BCUT2D eigenvalue weighted by molar-refractivity contribution is 9.10. The van der Waals surface area contributed by atoms with Crippen LogP contribution < -0.4 is 9.47 Å². The van der Waals surface area contributed by atoms with Crippen molar-refractivity contribution in [3.63, 3.8) is 0 Å². The quantitative estimate of drug-likeness (QED) is 0.185. The van der Waals surface area contributed by atoms with Crippen LogP contribution in [0.5, 0.6) is 17.2 Å². The Balaban J connectivity index is 1.76. The summed E-state index contributed by atoms with van der Waals surface area (Å²) in [5.74, 6) is -1.10. The van der Waals surface area contributed by atoms with Gasteiger partial charge in [-0.1, -0.05) is 25.5 Å². The van der Waals surface area contributed by atoms with Crippen LogP contribution in [0.2, 0.25) is 0 Å². The highest BCUT2D eigenvalue weighted by atomic mass is 79.9. The number of phenols is 1. The molecule has 2 aromatic rings. The number of rotatable bonds is 10. The lowest BCUT2D eigenvalue weighted by Gasteiger charge is -2.31. The van der Waals surface area contributed by atoms with Gasteiger partial charge in [0.05, 0.1) is 43.0 Å². The number of aromatic hydroxyl groups is 1. The molecule has 0 saturated carbocycles. The molecule has 2 heterocycles. The molecule has 2 fully saturated rings. The highest BCUT2D eigenvalue weighted by Crippen LogP contribution is 2.44. The fourth-order valence-electron chi connectivity index (χ4n) is 4.66. The van der Waals surface area contributed by atoms with Gasteiger partial charge < -0.3 is 29.3 Å². The minimum absolute atomic E-state index is 0.0256. The number of amides is 1. The second-order valence-electron chi connectivity index (χ2n) is 9.23. The van der Waals surface area contributed by atoms with Crippen molar-refractivity contribution in [2.45, 2.75) is 25.8 Å². The Morgan fingerprint density at radius 3 is 2.63 bits per heavy atom. The van der Waals surface area contributed by atoms with Gasteiger partial charge in [-0.15, -0.1) is 0 Å². The van der Waals surface area contributed by atoms with Crippen LogP contribution in [-0.4, -0.2) is 84.8 Å². The number of benzene rings is 2. The van der Waals surface area contributed by atoms with E-state index >= 15 is 0 Å². The summed E-state index contributed by atoms with van der Waals surface area (Å²) in [6.07, 6.45) is 1.88. The molecule has 204 valence electrons. The fraction of sp³-hybridized carbons (Fsp3) is 0.429. The molecule has 2 N–H and O–H groups in total. The smallest absolute Gasteiger partial charge is 0.295 e. The van der Waals surface area contributed by atoms with Crippen molar-refractivity contribution < 1.29 is 34.0 Å². The molecule has 4 rings (SSSR count). The van der Waals surface area contributed by atoms with Gasteiger partial charge in [-0.3, -0.25) is 14.5 Å². The standard InChI is InChI=1S/C28H33BrN2O7/c1-3-4-12-38-20-7-5-6-18(15-20)25(32)23-24(19-16-21(29)26(33)22(17-19)36-2)31(28(35)27(23)34)9-8-30-10-13-37-14-11-30/h5-7,15-17,24,32-33H,3-4,8-14H2,1-2H3/b25-23+. The molecular formula is C28H33BrN2O7. The third kappa shape index (κ3) is 5.98. The number of morpholine rings is 1. The van der Waals surface area contributed by atoms with E-state index in [1.165, 1.54) is 12.0 Å². The summed E-state index contributed by atoms with van der Waals surface area (Å²) in [5.41, 5.74) is 0.868. The van der Waals surface area contributed by atoms with Crippen LogP contribution in [0, 0.1) is 0 Å². The number of hydrogen-bond acceptors (Lipinski definition) is 8. The average molecular weight is 589 g/mol. The second kappa shape index (κ2) is 12.6. The summed E-state index contributed by atoms with van der Waals surface area (Å²) >= 11 is 3.34. The Morgan fingerprint density at radius 2 is 1.92 bits per heavy atom. The molecule has 0 bridgehead atoms. The first-order valence-corrected chi connectivity index (χ1v) is 13.5. The number of ether oxygens (including phenoxy) is 3. The Kier molecular flexibility index (Phi) is 9.30. The maximum absolute atomic E-state index is 13.4. The van der Waals surface area contributed by atoms with Crippen molar-refractivity contribution in [1.82, 2.24) is 9.80 Å². The first-order valence-electron chi connectivity index (χ1n) is 12.7. The largest absolute Gasteiger partial charge is 0.507 e. The van der Waals surface area contributed by atoms with Crippen LogP contribution in [-0.2, 0) is 14.3 Å². The van der Waals surface area contributed by atoms with E-state index in [-0.39, 0.29) is 29.4 Å². The summed E-state index contributed by atoms with van der Waals surface area (Å²) in [6.45, 7) is 6.11. The zero-order valence-corrected chi connectivity index (χ0v) is 23.2. The topological polar surface area (TPSA) is 109 Å². The first-order chi connectivity index (χ1) is 18.3. The molecule has 1 amide bonds. The first kappa shape index (κ1) is 27.9. The summed E-state index contributed by atoms with van der Waals surface area (Å²) in [7, 11) is 1.42. The number of methoxy groups -OCH3 is 1. The molecule has 1 unspecified atom stereocenters. The van der Waals surface area contributed by atoms with Gasteiger partial charge in [0, 0.05) is 31.7 Å². The molecule has 0 aliphatic carbocycles. The van der Waals surface area contributed by atoms with Crippen LogP contribution in [0.15, 0.2) is 46.4 Å². The van der Waals surface area contributed by atoms with E-state index in [4.69, 9.17) is 14.2 Å². The molecule has 2 aliphatic heterocycles. The minimum Gasteiger partial charge on any atom is -0.507 e. The molecule has 2 aromatic carbocycles. The van der Waals surface area contributed by atoms with E-state index in [0.29, 0.717) is 47.7 Å². The molecule has 38 heavy (non-hydrogen) atoms. The number of ketones is 1. The van der Waals surface area contributed by atoms with E-state index in [2.05, 4.69) is 27.8 Å². The van der Waals surface area contributed by atoms with Crippen LogP contribution in [0.3, 0.4) is 0 Å².